The van der Waals surface area contributed by atoms with Crippen LogP contribution < -0.4 is 4.74 Å². The molecule has 0 fully saturated rings. The minimum Gasteiger partial charge on any atom is -0.429 e. The summed E-state index contributed by atoms with van der Waals surface area (Å²) in [4.78, 5) is 21.1. The predicted molar refractivity (Wildman–Crippen MR) is 74.2 cm³/mol. The zero-order chi connectivity index (χ0) is 16.3. The van der Waals surface area contributed by atoms with Crippen molar-refractivity contribution in [3.63, 3.8) is 0 Å². The molecule has 118 valence electrons. The Labute approximate surface area is 122 Å². The van der Waals surface area contributed by atoms with Crippen LogP contribution in [0.3, 0.4) is 0 Å². The first kappa shape index (κ1) is 18.8. The van der Waals surface area contributed by atoms with Crippen molar-refractivity contribution in [1.29, 1.82) is 0 Å². The van der Waals surface area contributed by atoms with E-state index < -0.39 is 17.4 Å². The van der Waals surface area contributed by atoms with E-state index in [1.54, 1.807) is 0 Å². The molecule has 1 aromatic rings. The first-order valence-electron chi connectivity index (χ1n) is 6.21. The van der Waals surface area contributed by atoms with Gasteiger partial charge < -0.3 is 18.9 Å². The number of nitro groups is 1. The summed E-state index contributed by atoms with van der Waals surface area (Å²) in [6, 6.07) is 5.03. The number of rotatable bonds is 6. The summed E-state index contributed by atoms with van der Waals surface area (Å²) in [5.74, 6) is 0.141. The molecule has 8 heteroatoms. The molecule has 0 heterocycles. The number of benzene rings is 1. The highest BCUT2D eigenvalue weighted by molar-refractivity contribution is 5.63. The smallest absolute Gasteiger partial charge is 0.429 e. The number of carbonyl (C=O) groups is 1. The van der Waals surface area contributed by atoms with Gasteiger partial charge in [-0.1, -0.05) is 13.8 Å². The molecule has 0 unspecified atom stereocenters. The summed E-state index contributed by atoms with van der Waals surface area (Å²) >= 11 is 0. The summed E-state index contributed by atoms with van der Waals surface area (Å²) in [7, 11) is 2.80. The van der Waals surface area contributed by atoms with Crippen LogP contribution in [0.4, 0.5) is 10.5 Å². The third-order valence-electron chi connectivity index (χ3n) is 2.11. The number of nitro benzene ring substituents is 1. The normalized spacial score (nSPS) is 9.57. The summed E-state index contributed by atoms with van der Waals surface area (Å²) in [5.41, 5.74) is -0.0976. The molecule has 0 N–H and O–H groups in total. The molecule has 0 aliphatic heterocycles. The molecule has 0 saturated carbocycles. The van der Waals surface area contributed by atoms with Gasteiger partial charge in [0.15, 0.2) is 6.29 Å². The van der Waals surface area contributed by atoms with Crippen LogP contribution in [-0.4, -0.2) is 38.2 Å². The fraction of sp³-hybridized carbons (Fsp3) is 0.462. The van der Waals surface area contributed by atoms with Crippen molar-refractivity contribution in [2.75, 3.05) is 20.8 Å². The zero-order valence-electron chi connectivity index (χ0n) is 12.4. The lowest BCUT2D eigenvalue weighted by Crippen LogP contribution is -2.23. The second-order valence-corrected chi connectivity index (χ2v) is 3.32. The molecule has 21 heavy (non-hydrogen) atoms. The minimum absolute atomic E-state index is 0.0976. The van der Waals surface area contributed by atoms with Gasteiger partial charge >= 0.3 is 6.16 Å². The Kier molecular flexibility index (Phi) is 9.48. The number of methoxy groups -OCH3 is 2. The lowest BCUT2D eigenvalue weighted by atomic mass is 10.3. The Balaban J connectivity index is 0.00000191. The Morgan fingerprint density at radius 1 is 1.19 bits per heavy atom. The van der Waals surface area contributed by atoms with E-state index in [-0.39, 0.29) is 18.0 Å². The first-order chi connectivity index (χ1) is 10.1. The first-order valence-corrected chi connectivity index (χ1v) is 6.21. The van der Waals surface area contributed by atoms with E-state index in [0.717, 1.165) is 0 Å². The molecular weight excluding hydrogens is 282 g/mol. The quantitative estimate of drug-likeness (QED) is 0.262. The fourth-order valence-corrected chi connectivity index (χ4v) is 1.13. The zero-order valence-corrected chi connectivity index (χ0v) is 12.4. The van der Waals surface area contributed by atoms with E-state index in [0.29, 0.717) is 0 Å². The van der Waals surface area contributed by atoms with Gasteiger partial charge in [-0.3, -0.25) is 10.1 Å². The van der Waals surface area contributed by atoms with Crippen LogP contribution in [0.5, 0.6) is 5.75 Å². The Morgan fingerprint density at radius 2 is 1.71 bits per heavy atom. The van der Waals surface area contributed by atoms with E-state index in [4.69, 9.17) is 18.9 Å². The largest absolute Gasteiger partial charge is 0.514 e. The molecule has 1 aromatic carbocycles. The second kappa shape index (κ2) is 10.6. The van der Waals surface area contributed by atoms with Gasteiger partial charge in [-0.2, -0.15) is 0 Å². The highest BCUT2D eigenvalue weighted by Crippen LogP contribution is 2.17. The fourth-order valence-electron chi connectivity index (χ4n) is 1.13. The van der Waals surface area contributed by atoms with Crippen molar-refractivity contribution >= 4 is 11.8 Å². The molecule has 1 rings (SSSR count). The monoisotopic (exact) mass is 301 g/mol. The van der Waals surface area contributed by atoms with Crippen LogP contribution in [-0.2, 0) is 14.2 Å². The lowest BCUT2D eigenvalue weighted by molar-refractivity contribution is -0.384. The third kappa shape index (κ3) is 7.23. The molecule has 8 nitrogen and oxygen atoms in total. The molecule has 0 amide bonds. The van der Waals surface area contributed by atoms with Crippen molar-refractivity contribution in [2.45, 2.75) is 20.1 Å². The maximum Gasteiger partial charge on any atom is 0.514 e. The van der Waals surface area contributed by atoms with Crippen molar-refractivity contribution in [2.24, 2.45) is 0 Å². The van der Waals surface area contributed by atoms with Gasteiger partial charge in [0.05, 0.1) is 4.92 Å². The van der Waals surface area contributed by atoms with E-state index in [1.165, 1.54) is 38.5 Å². The number of nitrogens with zero attached hydrogens (tertiary/aromatic N) is 1. The second-order valence-electron chi connectivity index (χ2n) is 3.32. The van der Waals surface area contributed by atoms with Gasteiger partial charge in [0.25, 0.3) is 5.69 Å². The number of non-ortho nitro benzene ring substituents is 1. The summed E-state index contributed by atoms with van der Waals surface area (Å²) in [5, 5.41) is 10.4. The van der Waals surface area contributed by atoms with Crippen LogP contribution in [0, 0.1) is 10.1 Å². The van der Waals surface area contributed by atoms with Gasteiger partial charge in [0.1, 0.15) is 12.4 Å². The van der Waals surface area contributed by atoms with Crippen molar-refractivity contribution in [1.82, 2.24) is 0 Å². The van der Waals surface area contributed by atoms with Crippen molar-refractivity contribution in [3.05, 3.63) is 34.4 Å². The van der Waals surface area contributed by atoms with E-state index >= 15 is 0 Å². The van der Waals surface area contributed by atoms with Gasteiger partial charge in [0, 0.05) is 26.4 Å². The van der Waals surface area contributed by atoms with Crippen LogP contribution in [0.2, 0.25) is 0 Å². The van der Waals surface area contributed by atoms with Crippen LogP contribution in [0.25, 0.3) is 0 Å². The molecule has 0 bridgehead atoms. The number of hydrogen-bond donors (Lipinski definition) is 0. The average molecular weight is 301 g/mol. The van der Waals surface area contributed by atoms with E-state index in [2.05, 4.69) is 0 Å². The van der Waals surface area contributed by atoms with Crippen LogP contribution >= 0.6 is 0 Å². The molecule has 0 aliphatic carbocycles. The number of ether oxygens (including phenoxy) is 4. The standard InChI is InChI=1S/C11H13NO7.C2H6/c1-16-10(17-2)7-18-11(13)19-9-5-3-8(4-6-9)12(14)15;1-2/h3-6,10H,7H2,1-2H3;1-2H3. The van der Waals surface area contributed by atoms with Crippen LogP contribution in [0.15, 0.2) is 24.3 Å². The van der Waals surface area contributed by atoms with Gasteiger partial charge in [-0.25, -0.2) is 4.79 Å². The maximum atomic E-state index is 11.3. The van der Waals surface area contributed by atoms with E-state index in [9.17, 15) is 14.9 Å². The Hall–Kier alpha value is -2.19. The molecule has 0 spiro atoms. The Bertz CT molecular complexity index is 429. The number of carbonyl (C=O) groups excluding carboxylic acids is 1. The number of hydrogen-bond acceptors (Lipinski definition) is 7. The van der Waals surface area contributed by atoms with E-state index in [1.807, 2.05) is 13.8 Å². The molecule has 0 aromatic heterocycles. The summed E-state index contributed by atoms with van der Waals surface area (Å²) in [6.45, 7) is 3.87. The van der Waals surface area contributed by atoms with Crippen LogP contribution in [0.1, 0.15) is 13.8 Å². The molecule has 0 radical (unpaired) electrons. The molecule has 0 aliphatic rings. The molecule has 0 saturated heterocycles. The SMILES string of the molecule is CC.COC(COC(=O)Oc1ccc([N+](=O)[O-])cc1)OC. The third-order valence-corrected chi connectivity index (χ3v) is 2.11. The van der Waals surface area contributed by atoms with Crippen molar-refractivity contribution in [3.8, 4) is 5.75 Å². The highest BCUT2D eigenvalue weighted by Gasteiger charge is 2.12. The average Bonchev–Trinajstić information content (AvgIpc) is 2.51. The molecular formula is C13H19NO7. The van der Waals surface area contributed by atoms with Gasteiger partial charge in [-0.05, 0) is 12.1 Å². The Morgan fingerprint density at radius 3 is 2.14 bits per heavy atom. The maximum absolute atomic E-state index is 11.3. The van der Waals surface area contributed by atoms with Gasteiger partial charge in [-0.15, -0.1) is 0 Å². The predicted octanol–water partition coefficient (Wildman–Crippen LogP) is 2.76. The summed E-state index contributed by atoms with van der Waals surface area (Å²) < 4.78 is 19.1. The lowest BCUT2D eigenvalue weighted by Gasteiger charge is -2.13. The highest BCUT2D eigenvalue weighted by atomic mass is 16.7. The molecule has 0 atom stereocenters. The minimum atomic E-state index is -0.951. The summed E-state index contributed by atoms with van der Waals surface area (Å²) in [6.07, 6.45) is -1.63. The van der Waals surface area contributed by atoms with Crippen molar-refractivity contribution < 1.29 is 28.7 Å². The topological polar surface area (TPSA) is 97.1 Å². The van der Waals surface area contributed by atoms with Gasteiger partial charge in [0.2, 0.25) is 0 Å².